The van der Waals surface area contributed by atoms with E-state index in [1.54, 1.807) is 6.07 Å². The monoisotopic (exact) mass is 256 g/mol. The van der Waals surface area contributed by atoms with E-state index >= 15 is 0 Å². The lowest BCUT2D eigenvalue weighted by molar-refractivity contribution is 0.433. The maximum absolute atomic E-state index is 12.8. The van der Waals surface area contributed by atoms with Gasteiger partial charge in [-0.2, -0.15) is 11.8 Å². The van der Waals surface area contributed by atoms with E-state index in [0.29, 0.717) is 6.04 Å². The Hall–Kier alpha value is -0.610. The SMILES string of the molecule is CCC(CSC)NC(CC)c1ccc(F)cn1. The van der Waals surface area contributed by atoms with E-state index in [1.165, 1.54) is 12.3 Å². The highest BCUT2D eigenvalue weighted by Gasteiger charge is 2.15. The molecule has 1 rings (SSSR count). The van der Waals surface area contributed by atoms with Crippen molar-refractivity contribution >= 4 is 11.8 Å². The normalized spacial score (nSPS) is 14.6. The molecule has 0 amide bonds. The summed E-state index contributed by atoms with van der Waals surface area (Å²) in [7, 11) is 0. The molecule has 0 radical (unpaired) electrons. The second-order valence-electron chi connectivity index (χ2n) is 4.09. The number of rotatable bonds is 7. The van der Waals surface area contributed by atoms with Crippen LogP contribution >= 0.6 is 11.8 Å². The predicted octanol–water partition coefficient (Wildman–Crippen LogP) is 3.40. The number of pyridine rings is 1. The molecule has 1 heterocycles. The minimum atomic E-state index is -0.278. The molecule has 0 saturated heterocycles. The van der Waals surface area contributed by atoms with Gasteiger partial charge in [0.2, 0.25) is 0 Å². The van der Waals surface area contributed by atoms with E-state index in [4.69, 9.17) is 0 Å². The van der Waals surface area contributed by atoms with Gasteiger partial charge >= 0.3 is 0 Å². The lowest BCUT2D eigenvalue weighted by Gasteiger charge is -2.23. The standard InChI is InChI=1S/C13H21FN2S/c1-4-11(9-17-3)16-12(5-2)13-7-6-10(14)8-15-13/h6-8,11-12,16H,4-5,9H2,1-3H3. The van der Waals surface area contributed by atoms with Gasteiger partial charge < -0.3 is 5.32 Å². The minimum Gasteiger partial charge on any atom is -0.305 e. The third kappa shape index (κ3) is 4.64. The predicted molar refractivity (Wildman–Crippen MR) is 72.8 cm³/mol. The van der Waals surface area contributed by atoms with Gasteiger partial charge in [-0.15, -0.1) is 0 Å². The third-order valence-electron chi connectivity index (χ3n) is 2.81. The Morgan fingerprint density at radius 3 is 2.59 bits per heavy atom. The average molecular weight is 256 g/mol. The Bertz CT molecular complexity index is 316. The van der Waals surface area contributed by atoms with E-state index in [-0.39, 0.29) is 11.9 Å². The molecule has 0 spiro atoms. The Morgan fingerprint density at radius 1 is 1.35 bits per heavy atom. The quantitative estimate of drug-likeness (QED) is 0.809. The maximum Gasteiger partial charge on any atom is 0.141 e. The molecule has 2 unspecified atom stereocenters. The van der Waals surface area contributed by atoms with Crippen molar-refractivity contribution in [1.29, 1.82) is 0 Å². The number of thioether (sulfide) groups is 1. The van der Waals surface area contributed by atoms with Crippen molar-refractivity contribution in [2.24, 2.45) is 0 Å². The van der Waals surface area contributed by atoms with Crippen LogP contribution in [0.25, 0.3) is 0 Å². The summed E-state index contributed by atoms with van der Waals surface area (Å²) >= 11 is 1.84. The number of hydrogen-bond donors (Lipinski definition) is 1. The van der Waals surface area contributed by atoms with E-state index in [1.807, 2.05) is 11.8 Å². The molecule has 0 aliphatic carbocycles. The van der Waals surface area contributed by atoms with Gasteiger partial charge in [-0.1, -0.05) is 13.8 Å². The number of nitrogens with one attached hydrogen (secondary N) is 1. The summed E-state index contributed by atoms with van der Waals surface area (Å²) in [4.78, 5) is 4.15. The number of halogens is 1. The molecule has 0 bridgehead atoms. The average Bonchev–Trinajstić information content (AvgIpc) is 2.36. The van der Waals surface area contributed by atoms with E-state index in [2.05, 4.69) is 30.4 Å². The zero-order valence-corrected chi connectivity index (χ0v) is 11.6. The molecule has 0 aliphatic rings. The summed E-state index contributed by atoms with van der Waals surface area (Å²) in [5, 5.41) is 3.58. The Labute approximate surface area is 107 Å². The van der Waals surface area contributed by atoms with Crippen LogP contribution in [-0.4, -0.2) is 23.0 Å². The molecule has 4 heteroatoms. The summed E-state index contributed by atoms with van der Waals surface area (Å²) in [5.41, 5.74) is 0.924. The van der Waals surface area contributed by atoms with Crippen LogP contribution in [0.5, 0.6) is 0 Å². The fraction of sp³-hybridized carbons (Fsp3) is 0.615. The topological polar surface area (TPSA) is 24.9 Å². The number of hydrogen-bond acceptors (Lipinski definition) is 3. The highest BCUT2D eigenvalue weighted by molar-refractivity contribution is 7.98. The molecule has 1 aromatic rings. The van der Waals surface area contributed by atoms with Crippen LogP contribution in [0.4, 0.5) is 4.39 Å². The van der Waals surface area contributed by atoms with Crippen molar-refractivity contribution in [2.75, 3.05) is 12.0 Å². The summed E-state index contributed by atoms with van der Waals surface area (Å²) in [6.07, 6.45) is 5.46. The van der Waals surface area contributed by atoms with Crippen LogP contribution in [0.3, 0.4) is 0 Å². The van der Waals surface area contributed by atoms with E-state index < -0.39 is 0 Å². The Balaban J connectivity index is 2.67. The fourth-order valence-corrected chi connectivity index (χ4v) is 2.51. The van der Waals surface area contributed by atoms with E-state index in [9.17, 15) is 4.39 Å². The molecule has 17 heavy (non-hydrogen) atoms. The smallest absolute Gasteiger partial charge is 0.141 e. The first-order valence-electron chi connectivity index (χ1n) is 6.07. The Kier molecular flexibility index (Phi) is 6.52. The van der Waals surface area contributed by atoms with Crippen LogP contribution < -0.4 is 5.32 Å². The highest BCUT2D eigenvalue weighted by Crippen LogP contribution is 2.16. The molecule has 2 nitrogen and oxygen atoms in total. The minimum absolute atomic E-state index is 0.215. The first kappa shape index (κ1) is 14.5. The summed E-state index contributed by atoms with van der Waals surface area (Å²) in [5.74, 6) is 0.813. The number of aromatic nitrogens is 1. The lowest BCUT2D eigenvalue weighted by atomic mass is 10.1. The largest absolute Gasteiger partial charge is 0.305 e. The first-order valence-corrected chi connectivity index (χ1v) is 7.47. The summed E-state index contributed by atoms with van der Waals surface area (Å²) < 4.78 is 12.8. The molecule has 1 aromatic heterocycles. The van der Waals surface area contributed by atoms with Gasteiger partial charge in [0.15, 0.2) is 0 Å². The molecule has 0 fully saturated rings. The first-order chi connectivity index (χ1) is 8.21. The van der Waals surface area contributed by atoms with E-state index in [0.717, 1.165) is 24.3 Å². The van der Waals surface area contributed by atoms with Crippen molar-refractivity contribution in [2.45, 2.75) is 38.8 Å². The maximum atomic E-state index is 12.8. The van der Waals surface area contributed by atoms with Crippen molar-refractivity contribution in [3.8, 4) is 0 Å². The van der Waals surface area contributed by atoms with Crippen LogP contribution in [0.2, 0.25) is 0 Å². The van der Waals surface area contributed by atoms with Gasteiger partial charge in [-0.05, 0) is 31.2 Å². The van der Waals surface area contributed by atoms with Crippen molar-refractivity contribution in [3.63, 3.8) is 0 Å². The molecule has 2 atom stereocenters. The lowest BCUT2D eigenvalue weighted by Crippen LogP contribution is -2.34. The van der Waals surface area contributed by atoms with Gasteiger partial charge in [0.05, 0.1) is 11.9 Å². The molecule has 0 aliphatic heterocycles. The van der Waals surface area contributed by atoms with Crippen LogP contribution in [0.1, 0.15) is 38.4 Å². The zero-order valence-electron chi connectivity index (χ0n) is 10.7. The van der Waals surface area contributed by atoms with Crippen LogP contribution in [0.15, 0.2) is 18.3 Å². The molecule has 0 aromatic carbocycles. The van der Waals surface area contributed by atoms with Crippen molar-refractivity contribution < 1.29 is 4.39 Å². The van der Waals surface area contributed by atoms with Gasteiger partial charge in [0, 0.05) is 17.8 Å². The van der Waals surface area contributed by atoms with Gasteiger partial charge in [0.25, 0.3) is 0 Å². The van der Waals surface area contributed by atoms with Crippen LogP contribution in [-0.2, 0) is 0 Å². The molecule has 1 N–H and O–H groups in total. The molecular formula is C13H21FN2S. The van der Waals surface area contributed by atoms with Gasteiger partial charge in [0.1, 0.15) is 5.82 Å². The second kappa shape index (κ2) is 7.67. The van der Waals surface area contributed by atoms with Gasteiger partial charge in [-0.3, -0.25) is 4.98 Å². The van der Waals surface area contributed by atoms with Crippen molar-refractivity contribution in [1.82, 2.24) is 10.3 Å². The number of nitrogens with zero attached hydrogens (tertiary/aromatic N) is 1. The Morgan fingerprint density at radius 2 is 2.12 bits per heavy atom. The van der Waals surface area contributed by atoms with Crippen molar-refractivity contribution in [3.05, 3.63) is 29.8 Å². The third-order valence-corrected chi connectivity index (χ3v) is 3.55. The summed E-state index contributed by atoms with van der Waals surface area (Å²) in [6.45, 7) is 4.30. The summed E-state index contributed by atoms with van der Waals surface area (Å²) in [6, 6.07) is 3.94. The van der Waals surface area contributed by atoms with Gasteiger partial charge in [-0.25, -0.2) is 4.39 Å². The molecule has 96 valence electrons. The molecular weight excluding hydrogens is 235 g/mol. The molecule has 0 saturated carbocycles. The fourth-order valence-electron chi connectivity index (χ4n) is 1.78. The second-order valence-corrected chi connectivity index (χ2v) is 5.00. The van der Waals surface area contributed by atoms with Crippen LogP contribution in [0, 0.1) is 5.82 Å². The highest BCUT2D eigenvalue weighted by atomic mass is 32.2. The zero-order chi connectivity index (χ0) is 12.7.